The molecule has 0 aliphatic rings. The van der Waals surface area contributed by atoms with Gasteiger partial charge in [-0.3, -0.25) is 4.98 Å². The molecule has 0 saturated heterocycles. The average molecular weight is 471 g/mol. The summed E-state index contributed by atoms with van der Waals surface area (Å²) in [4.78, 5) is 18.2. The van der Waals surface area contributed by atoms with Crippen molar-refractivity contribution in [3.05, 3.63) is 87.9 Å². The van der Waals surface area contributed by atoms with E-state index in [4.69, 9.17) is 4.74 Å². The van der Waals surface area contributed by atoms with E-state index in [0.29, 0.717) is 13.0 Å². The Morgan fingerprint density at radius 2 is 1.97 bits per heavy atom. The van der Waals surface area contributed by atoms with Gasteiger partial charge in [0.15, 0.2) is 0 Å². The Morgan fingerprint density at radius 3 is 2.69 bits per heavy atom. The number of pyridine rings is 1. The van der Waals surface area contributed by atoms with Gasteiger partial charge < -0.3 is 4.74 Å². The van der Waals surface area contributed by atoms with Crippen molar-refractivity contribution in [2.75, 3.05) is 13.7 Å². The molecule has 0 fully saturated rings. The number of esters is 1. The number of rotatable bonds is 11. The van der Waals surface area contributed by atoms with E-state index in [1.165, 1.54) is 18.1 Å². The lowest BCUT2D eigenvalue weighted by Gasteiger charge is -2.06. The SMILES string of the molecule is COC(=O)/C=C/c1sc(Cc2cccnc2)cc1CCCCNS(=O)(=O)c1ccccc1. The van der Waals surface area contributed by atoms with Crippen LogP contribution in [0.15, 0.2) is 71.9 Å². The van der Waals surface area contributed by atoms with Gasteiger partial charge >= 0.3 is 5.97 Å². The number of ether oxygens (including phenoxy) is 1. The fourth-order valence-corrected chi connectivity index (χ4v) is 5.42. The van der Waals surface area contributed by atoms with Crippen LogP contribution in [0.1, 0.15) is 33.7 Å². The van der Waals surface area contributed by atoms with Gasteiger partial charge in [0.05, 0.1) is 12.0 Å². The number of thiophene rings is 1. The van der Waals surface area contributed by atoms with E-state index in [0.717, 1.165) is 35.3 Å². The van der Waals surface area contributed by atoms with Crippen molar-refractivity contribution >= 4 is 33.4 Å². The van der Waals surface area contributed by atoms with Crippen LogP contribution in [0.4, 0.5) is 0 Å². The highest BCUT2D eigenvalue weighted by atomic mass is 32.2. The largest absolute Gasteiger partial charge is 0.466 e. The van der Waals surface area contributed by atoms with Crippen LogP contribution in [0.5, 0.6) is 0 Å². The second-order valence-electron chi connectivity index (χ2n) is 7.16. The molecule has 2 heterocycles. The smallest absolute Gasteiger partial charge is 0.330 e. The van der Waals surface area contributed by atoms with E-state index in [9.17, 15) is 13.2 Å². The molecule has 0 amide bonds. The molecule has 2 aromatic heterocycles. The Labute approximate surface area is 193 Å². The number of carbonyl (C=O) groups excluding carboxylic acids is 1. The summed E-state index contributed by atoms with van der Waals surface area (Å²) in [6.07, 6.45) is 9.90. The van der Waals surface area contributed by atoms with Gasteiger partial charge in [-0.2, -0.15) is 0 Å². The predicted octanol–water partition coefficient (Wildman–Crippen LogP) is 4.22. The zero-order valence-electron chi connectivity index (χ0n) is 17.9. The third kappa shape index (κ3) is 7.12. The molecule has 0 bridgehead atoms. The van der Waals surface area contributed by atoms with Crippen molar-refractivity contribution in [2.24, 2.45) is 0 Å². The van der Waals surface area contributed by atoms with Crippen LogP contribution in [0.3, 0.4) is 0 Å². The van der Waals surface area contributed by atoms with Crippen LogP contribution < -0.4 is 4.72 Å². The summed E-state index contributed by atoms with van der Waals surface area (Å²) >= 11 is 1.64. The molecule has 8 heteroatoms. The van der Waals surface area contributed by atoms with Crippen molar-refractivity contribution in [1.29, 1.82) is 0 Å². The maximum Gasteiger partial charge on any atom is 0.330 e. The van der Waals surface area contributed by atoms with E-state index < -0.39 is 16.0 Å². The summed E-state index contributed by atoms with van der Waals surface area (Å²) in [5.74, 6) is -0.395. The van der Waals surface area contributed by atoms with Crippen molar-refractivity contribution in [3.63, 3.8) is 0 Å². The molecule has 0 aliphatic heterocycles. The Balaban J connectivity index is 1.60. The van der Waals surface area contributed by atoms with Crippen LogP contribution in [0, 0.1) is 0 Å². The third-order valence-corrected chi connectivity index (χ3v) is 7.40. The van der Waals surface area contributed by atoms with Gasteiger partial charge in [0, 0.05) is 41.2 Å². The maximum absolute atomic E-state index is 12.3. The highest BCUT2D eigenvalue weighted by Gasteiger charge is 2.13. The van der Waals surface area contributed by atoms with Crippen molar-refractivity contribution in [3.8, 4) is 0 Å². The van der Waals surface area contributed by atoms with Gasteiger partial charge in [0.1, 0.15) is 0 Å². The molecule has 1 N–H and O–H groups in total. The molecule has 6 nitrogen and oxygen atoms in total. The number of carbonyl (C=O) groups is 1. The lowest BCUT2D eigenvalue weighted by atomic mass is 10.1. The van der Waals surface area contributed by atoms with Gasteiger partial charge in [0.25, 0.3) is 0 Å². The maximum atomic E-state index is 12.3. The molecule has 0 saturated carbocycles. The number of aryl methyl sites for hydroxylation is 1. The fraction of sp³-hybridized carbons (Fsp3) is 0.250. The van der Waals surface area contributed by atoms with Gasteiger partial charge in [-0.15, -0.1) is 11.3 Å². The monoisotopic (exact) mass is 470 g/mol. The van der Waals surface area contributed by atoms with E-state index in [1.807, 2.05) is 18.3 Å². The van der Waals surface area contributed by atoms with Gasteiger partial charge in [-0.25, -0.2) is 17.9 Å². The molecule has 1 aromatic carbocycles. The minimum atomic E-state index is -3.48. The second kappa shape index (κ2) is 11.7. The van der Waals surface area contributed by atoms with Crippen LogP contribution in [0.2, 0.25) is 0 Å². The first kappa shape index (κ1) is 23.8. The first-order valence-electron chi connectivity index (χ1n) is 10.3. The topological polar surface area (TPSA) is 85.4 Å². The van der Waals surface area contributed by atoms with E-state index in [-0.39, 0.29) is 4.90 Å². The first-order valence-corrected chi connectivity index (χ1v) is 12.6. The predicted molar refractivity (Wildman–Crippen MR) is 127 cm³/mol. The Bertz CT molecular complexity index is 1140. The molecule has 3 aromatic rings. The zero-order valence-corrected chi connectivity index (χ0v) is 19.5. The Kier molecular flexibility index (Phi) is 8.72. The Morgan fingerprint density at radius 1 is 1.16 bits per heavy atom. The normalized spacial score (nSPS) is 11.7. The molecule has 0 aliphatic carbocycles. The summed E-state index contributed by atoms with van der Waals surface area (Å²) in [5.41, 5.74) is 2.26. The molecular formula is C24H26N2O4S2. The van der Waals surface area contributed by atoms with Crippen LogP contribution in [0.25, 0.3) is 6.08 Å². The standard InChI is InChI=1S/C24H26N2O4S2/c1-30-24(27)13-12-23-20(17-21(31-23)16-19-8-7-14-25-18-19)9-5-6-15-26-32(28,29)22-10-3-2-4-11-22/h2-4,7-8,10-14,17-18,26H,5-6,9,15-16H2,1H3/b13-12+. The summed E-state index contributed by atoms with van der Waals surface area (Å²) in [5, 5.41) is 0. The molecule has 168 valence electrons. The highest BCUT2D eigenvalue weighted by Crippen LogP contribution is 2.27. The van der Waals surface area contributed by atoms with E-state index in [1.54, 1.807) is 53.9 Å². The number of aromatic nitrogens is 1. The lowest BCUT2D eigenvalue weighted by molar-refractivity contribution is -0.134. The number of sulfonamides is 1. The molecule has 0 spiro atoms. The van der Waals surface area contributed by atoms with Crippen LogP contribution >= 0.6 is 11.3 Å². The van der Waals surface area contributed by atoms with Crippen LogP contribution in [-0.2, 0) is 32.4 Å². The number of nitrogens with zero attached hydrogens (tertiary/aromatic N) is 1. The summed E-state index contributed by atoms with van der Waals surface area (Å²) < 4.78 is 32.0. The molecule has 32 heavy (non-hydrogen) atoms. The quantitative estimate of drug-likeness (QED) is 0.258. The number of hydrogen-bond donors (Lipinski definition) is 1. The summed E-state index contributed by atoms with van der Waals surface area (Å²) in [6.45, 7) is 0.372. The number of methoxy groups -OCH3 is 1. The van der Waals surface area contributed by atoms with Crippen molar-refractivity contribution in [1.82, 2.24) is 9.71 Å². The van der Waals surface area contributed by atoms with Gasteiger partial charge in [-0.1, -0.05) is 24.3 Å². The van der Waals surface area contributed by atoms with Gasteiger partial charge in [0.2, 0.25) is 10.0 Å². The molecular weight excluding hydrogens is 444 g/mol. The summed E-state index contributed by atoms with van der Waals surface area (Å²) in [7, 11) is -2.13. The third-order valence-electron chi connectivity index (χ3n) is 4.78. The molecule has 3 rings (SSSR count). The minimum absolute atomic E-state index is 0.271. The zero-order chi connectivity index (χ0) is 22.8. The van der Waals surface area contributed by atoms with Crippen molar-refractivity contribution in [2.45, 2.75) is 30.6 Å². The second-order valence-corrected chi connectivity index (χ2v) is 10.1. The number of nitrogens with one attached hydrogen (secondary N) is 1. The van der Waals surface area contributed by atoms with Gasteiger partial charge in [-0.05, 0) is 60.7 Å². The molecule has 0 atom stereocenters. The fourth-order valence-electron chi connectivity index (χ4n) is 3.17. The first-order chi connectivity index (χ1) is 15.5. The van der Waals surface area contributed by atoms with Crippen molar-refractivity contribution < 1.29 is 17.9 Å². The number of unbranched alkanes of at least 4 members (excludes halogenated alkanes) is 1. The molecule has 0 unspecified atom stereocenters. The number of benzene rings is 1. The minimum Gasteiger partial charge on any atom is -0.466 e. The van der Waals surface area contributed by atoms with E-state index in [2.05, 4.69) is 15.8 Å². The van der Waals surface area contributed by atoms with E-state index >= 15 is 0 Å². The highest BCUT2D eigenvalue weighted by molar-refractivity contribution is 7.89. The average Bonchev–Trinajstić information content (AvgIpc) is 3.19. The van der Waals surface area contributed by atoms with Crippen LogP contribution in [-0.4, -0.2) is 33.0 Å². The number of hydrogen-bond acceptors (Lipinski definition) is 6. The molecule has 0 radical (unpaired) electrons. The lowest BCUT2D eigenvalue weighted by Crippen LogP contribution is -2.24. The summed E-state index contributed by atoms with van der Waals surface area (Å²) in [6, 6.07) is 14.5. The Hall–Kier alpha value is -2.81.